The van der Waals surface area contributed by atoms with Crippen LogP contribution in [0.25, 0.3) is 0 Å². The Hall–Kier alpha value is -1.10. The average molecular weight is 313 g/mol. The SMILES string of the molecule is CCCCCCCCCCCC(=O)N1CCC(O)C1C(=O)O. The smallest absolute Gasteiger partial charge is 0.329 e. The van der Waals surface area contributed by atoms with Gasteiger partial charge in [-0.3, -0.25) is 4.79 Å². The minimum absolute atomic E-state index is 0.133. The van der Waals surface area contributed by atoms with Crippen molar-refractivity contribution in [3.63, 3.8) is 0 Å². The van der Waals surface area contributed by atoms with Crippen molar-refractivity contribution in [2.24, 2.45) is 0 Å². The lowest BCUT2D eigenvalue weighted by Gasteiger charge is -2.22. The summed E-state index contributed by atoms with van der Waals surface area (Å²) in [5.74, 6) is -1.24. The van der Waals surface area contributed by atoms with E-state index < -0.39 is 18.1 Å². The molecule has 1 heterocycles. The third-order valence-electron chi connectivity index (χ3n) is 4.43. The van der Waals surface area contributed by atoms with Gasteiger partial charge in [-0.1, -0.05) is 58.3 Å². The van der Waals surface area contributed by atoms with Crippen LogP contribution >= 0.6 is 0 Å². The number of nitrogens with zero attached hydrogens (tertiary/aromatic N) is 1. The zero-order chi connectivity index (χ0) is 16.4. The van der Waals surface area contributed by atoms with Gasteiger partial charge in [0.15, 0.2) is 6.04 Å². The highest BCUT2D eigenvalue weighted by Gasteiger charge is 2.40. The third-order valence-corrected chi connectivity index (χ3v) is 4.43. The lowest BCUT2D eigenvalue weighted by Crippen LogP contribution is -2.44. The Morgan fingerprint density at radius 1 is 1.00 bits per heavy atom. The second kappa shape index (κ2) is 10.6. The van der Waals surface area contributed by atoms with Gasteiger partial charge in [-0.2, -0.15) is 0 Å². The molecule has 1 aliphatic rings. The number of aliphatic hydroxyl groups excluding tert-OH is 1. The molecule has 0 aromatic carbocycles. The van der Waals surface area contributed by atoms with E-state index in [1.807, 2.05) is 0 Å². The molecule has 0 radical (unpaired) electrons. The third kappa shape index (κ3) is 6.34. The van der Waals surface area contributed by atoms with E-state index in [9.17, 15) is 14.7 Å². The van der Waals surface area contributed by atoms with Gasteiger partial charge in [0, 0.05) is 13.0 Å². The van der Waals surface area contributed by atoms with Crippen LogP contribution in [0, 0.1) is 0 Å². The highest BCUT2D eigenvalue weighted by atomic mass is 16.4. The van der Waals surface area contributed by atoms with Crippen molar-refractivity contribution < 1.29 is 19.8 Å². The fourth-order valence-electron chi connectivity index (χ4n) is 3.08. The predicted octanol–water partition coefficient (Wildman–Crippen LogP) is 2.95. The number of unbranched alkanes of at least 4 members (excludes halogenated alkanes) is 8. The Morgan fingerprint density at radius 3 is 2.09 bits per heavy atom. The van der Waals surface area contributed by atoms with Gasteiger partial charge in [0.2, 0.25) is 5.91 Å². The van der Waals surface area contributed by atoms with Crippen LogP contribution < -0.4 is 0 Å². The van der Waals surface area contributed by atoms with Gasteiger partial charge in [-0.25, -0.2) is 4.79 Å². The summed E-state index contributed by atoms with van der Waals surface area (Å²) in [6, 6.07) is -1.05. The maximum absolute atomic E-state index is 12.1. The first-order valence-corrected chi connectivity index (χ1v) is 8.78. The normalized spacial score (nSPS) is 21.3. The summed E-state index contributed by atoms with van der Waals surface area (Å²) < 4.78 is 0. The maximum atomic E-state index is 12.1. The molecule has 0 saturated carbocycles. The molecule has 2 N–H and O–H groups in total. The number of carbonyl (C=O) groups is 2. The molecule has 0 aromatic rings. The standard InChI is InChI=1S/C17H31NO4/c1-2-3-4-5-6-7-8-9-10-11-15(20)18-13-12-14(19)16(18)17(21)22/h14,16,19H,2-13H2,1H3,(H,21,22). The van der Waals surface area contributed by atoms with Crippen molar-refractivity contribution in [3.05, 3.63) is 0 Å². The Balaban J connectivity index is 2.10. The van der Waals surface area contributed by atoms with Gasteiger partial charge in [0.1, 0.15) is 0 Å². The fraction of sp³-hybridized carbons (Fsp3) is 0.882. The molecule has 0 spiro atoms. The summed E-state index contributed by atoms with van der Waals surface area (Å²) in [5, 5.41) is 18.7. The van der Waals surface area contributed by atoms with Gasteiger partial charge < -0.3 is 15.1 Å². The summed E-state index contributed by atoms with van der Waals surface area (Å²) >= 11 is 0. The van der Waals surface area contributed by atoms with E-state index in [0.29, 0.717) is 19.4 Å². The molecule has 128 valence electrons. The fourth-order valence-corrected chi connectivity index (χ4v) is 3.08. The van der Waals surface area contributed by atoms with Crippen molar-refractivity contribution >= 4 is 11.9 Å². The first-order valence-electron chi connectivity index (χ1n) is 8.78. The molecular formula is C17H31NO4. The van der Waals surface area contributed by atoms with Crippen molar-refractivity contribution in [1.29, 1.82) is 0 Å². The molecule has 5 nitrogen and oxygen atoms in total. The number of carboxylic acid groups (broad SMARTS) is 1. The van der Waals surface area contributed by atoms with E-state index in [1.54, 1.807) is 0 Å². The van der Waals surface area contributed by atoms with Crippen LogP contribution in [-0.4, -0.2) is 45.7 Å². The van der Waals surface area contributed by atoms with Crippen molar-refractivity contribution in [2.75, 3.05) is 6.54 Å². The molecule has 2 atom stereocenters. The Morgan fingerprint density at radius 2 is 1.55 bits per heavy atom. The number of amides is 1. The lowest BCUT2D eigenvalue weighted by molar-refractivity contribution is -0.151. The van der Waals surface area contributed by atoms with Gasteiger partial charge in [0.25, 0.3) is 0 Å². The molecule has 5 heteroatoms. The monoisotopic (exact) mass is 313 g/mol. The zero-order valence-corrected chi connectivity index (χ0v) is 13.8. The highest BCUT2D eigenvalue weighted by molar-refractivity contribution is 5.84. The molecule has 1 rings (SSSR count). The minimum atomic E-state index is -1.11. The largest absolute Gasteiger partial charge is 0.480 e. The quantitative estimate of drug-likeness (QED) is 0.575. The summed E-state index contributed by atoms with van der Waals surface area (Å²) in [4.78, 5) is 24.5. The van der Waals surface area contributed by atoms with Crippen molar-refractivity contribution in [2.45, 2.75) is 89.7 Å². The topological polar surface area (TPSA) is 77.8 Å². The number of aliphatic carboxylic acids is 1. The molecule has 0 aromatic heterocycles. The van der Waals surface area contributed by atoms with Crippen LogP contribution in [0.3, 0.4) is 0 Å². The van der Waals surface area contributed by atoms with Gasteiger partial charge in [-0.05, 0) is 12.8 Å². The van der Waals surface area contributed by atoms with E-state index in [4.69, 9.17) is 5.11 Å². The molecule has 0 aliphatic carbocycles. The van der Waals surface area contributed by atoms with E-state index in [-0.39, 0.29) is 5.91 Å². The first-order chi connectivity index (χ1) is 10.6. The molecule has 1 aliphatic heterocycles. The predicted molar refractivity (Wildman–Crippen MR) is 85.6 cm³/mol. The zero-order valence-electron chi connectivity index (χ0n) is 13.8. The molecule has 1 fully saturated rings. The number of rotatable bonds is 11. The number of carbonyl (C=O) groups excluding carboxylic acids is 1. The highest BCUT2D eigenvalue weighted by Crippen LogP contribution is 2.20. The number of hydrogen-bond acceptors (Lipinski definition) is 3. The Bertz CT molecular complexity index is 346. The van der Waals surface area contributed by atoms with E-state index in [2.05, 4.69) is 6.92 Å². The molecule has 1 saturated heterocycles. The van der Waals surface area contributed by atoms with Crippen molar-refractivity contribution in [1.82, 2.24) is 4.90 Å². The average Bonchev–Trinajstić information content (AvgIpc) is 2.87. The van der Waals surface area contributed by atoms with Crippen LogP contribution in [0.15, 0.2) is 0 Å². The van der Waals surface area contributed by atoms with Gasteiger partial charge >= 0.3 is 5.97 Å². The second-order valence-corrected chi connectivity index (χ2v) is 6.30. The number of hydrogen-bond donors (Lipinski definition) is 2. The van der Waals surface area contributed by atoms with Gasteiger partial charge in [0.05, 0.1) is 6.10 Å². The molecule has 2 unspecified atom stereocenters. The minimum Gasteiger partial charge on any atom is -0.480 e. The Labute approximate surface area is 133 Å². The Kier molecular flexibility index (Phi) is 9.13. The lowest BCUT2D eigenvalue weighted by atomic mass is 10.1. The molecule has 0 bridgehead atoms. The number of carboxylic acids is 1. The van der Waals surface area contributed by atoms with E-state index in [0.717, 1.165) is 19.3 Å². The second-order valence-electron chi connectivity index (χ2n) is 6.30. The summed E-state index contributed by atoms with van der Waals surface area (Å²) in [5.41, 5.74) is 0. The van der Waals surface area contributed by atoms with E-state index >= 15 is 0 Å². The van der Waals surface area contributed by atoms with Crippen LogP contribution in [0.4, 0.5) is 0 Å². The molecular weight excluding hydrogens is 282 g/mol. The molecule has 1 amide bonds. The van der Waals surface area contributed by atoms with E-state index in [1.165, 1.54) is 43.4 Å². The van der Waals surface area contributed by atoms with Crippen molar-refractivity contribution in [3.8, 4) is 0 Å². The summed E-state index contributed by atoms with van der Waals surface area (Å²) in [7, 11) is 0. The maximum Gasteiger partial charge on any atom is 0.329 e. The van der Waals surface area contributed by atoms with Crippen LogP contribution in [0.5, 0.6) is 0 Å². The van der Waals surface area contributed by atoms with Crippen LogP contribution in [0.2, 0.25) is 0 Å². The summed E-state index contributed by atoms with van der Waals surface area (Å²) in [6.07, 6.45) is 10.5. The van der Waals surface area contributed by atoms with Crippen LogP contribution in [0.1, 0.15) is 77.6 Å². The first kappa shape index (κ1) is 18.9. The number of likely N-dealkylation sites (tertiary alicyclic amines) is 1. The van der Waals surface area contributed by atoms with Gasteiger partial charge in [-0.15, -0.1) is 0 Å². The summed E-state index contributed by atoms with van der Waals surface area (Å²) in [6.45, 7) is 2.57. The molecule has 22 heavy (non-hydrogen) atoms. The number of aliphatic hydroxyl groups is 1. The van der Waals surface area contributed by atoms with Crippen LogP contribution in [-0.2, 0) is 9.59 Å².